The Morgan fingerprint density at radius 3 is 1.42 bits per heavy atom. The molecule has 0 radical (unpaired) electrons. The quantitative estimate of drug-likeness (QED) is 0.184. The second kappa shape index (κ2) is 23.8. The van der Waals surface area contributed by atoms with E-state index in [-0.39, 0.29) is 29.4 Å². The van der Waals surface area contributed by atoms with Crippen molar-refractivity contribution in [3.63, 3.8) is 0 Å². The summed E-state index contributed by atoms with van der Waals surface area (Å²) in [4.78, 5) is 43.5. The van der Waals surface area contributed by atoms with Crippen LogP contribution in [0.5, 0.6) is 0 Å². The Kier molecular flexibility index (Phi) is 17.9. The van der Waals surface area contributed by atoms with E-state index in [1.54, 1.807) is 35.8 Å². The third kappa shape index (κ3) is 11.1. The molecule has 4 aromatic heterocycles. The van der Waals surface area contributed by atoms with Gasteiger partial charge in [0.05, 0.1) is 62.2 Å². The van der Waals surface area contributed by atoms with Crippen molar-refractivity contribution in [2.75, 3.05) is 83.4 Å². The number of hydrogen-bond donors (Lipinski definition) is 1. The monoisotopic (exact) mass is 995 g/mol. The Morgan fingerprint density at radius 2 is 1.03 bits per heavy atom. The highest BCUT2D eigenvalue weighted by atomic mass is 19.3. The van der Waals surface area contributed by atoms with Gasteiger partial charge in [-0.1, -0.05) is 27.7 Å². The first-order valence-electron chi connectivity index (χ1n) is 25.7. The lowest BCUT2D eigenvalue weighted by atomic mass is 10.0. The summed E-state index contributed by atoms with van der Waals surface area (Å²) < 4.78 is 69.1. The maximum absolute atomic E-state index is 13.7. The Morgan fingerprint density at radius 1 is 0.620 bits per heavy atom. The number of aryl methyl sites for hydroxylation is 4. The van der Waals surface area contributed by atoms with E-state index in [0.717, 1.165) is 123 Å². The van der Waals surface area contributed by atoms with E-state index in [9.17, 15) is 27.2 Å². The largest absolute Gasteiger partial charge is 0.453 e. The van der Waals surface area contributed by atoms with Gasteiger partial charge in [-0.05, 0) is 111 Å². The minimum atomic E-state index is -2.58. The molecule has 0 aromatic carbocycles. The maximum atomic E-state index is 13.7. The molecule has 2 amide bonds. The zero-order valence-corrected chi connectivity index (χ0v) is 43.2. The molecule has 390 valence electrons. The number of nitrogens with zero attached hydrogens (tertiary/aromatic N) is 11. The molecule has 10 rings (SSSR count). The van der Waals surface area contributed by atoms with E-state index in [1.807, 2.05) is 37.5 Å². The van der Waals surface area contributed by atoms with Crippen LogP contribution in [-0.4, -0.2) is 130 Å². The number of amides is 2. The summed E-state index contributed by atoms with van der Waals surface area (Å²) in [6.45, 7) is 18.5. The van der Waals surface area contributed by atoms with E-state index in [4.69, 9.17) is 19.7 Å². The van der Waals surface area contributed by atoms with Gasteiger partial charge >= 0.3 is 12.2 Å². The summed E-state index contributed by atoms with van der Waals surface area (Å²) in [6, 6.07) is 3.75. The van der Waals surface area contributed by atoms with Gasteiger partial charge in [0, 0.05) is 84.1 Å². The fraction of sp³-hybridized carbons (Fsp3) is 0.647. The Bertz CT molecular complexity index is 2470. The van der Waals surface area contributed by atoms with Crippen molar-refractivity contribution in [2.24, 2.45) is 0 Å². The number of ether oxygens (including phenoxy) is 2. The number of aromatic nitrogens is 6. The number of hydrogen-bond acceptors (Lipinski definition) is 12. The highest BCUT2D eigenvalue weighted by Crippen LogP contribution is 2.43. The van der Waals surface area contributed by atoms with Crippen molar-refractivity contribution in [3.05, 3.63) is 68.6 Å². The van der Waals surface area contributed by atoms with Crippen molar-refractivity contribution in [3.8, 4) is 0 Å². The van der Waals surface area contributed by atoms with Gasteiger partial charge in [-0.15, -0.1) is 0 Å². The molecule has 16 nitrogen and oxygen atoms in total. The van der Waals surface area contributed by atoms with Crippen LogP contribution >= 0.6 is 0 Å². The van der Waals surface area contributed by atoms with Crippen LogP contribution in [0.1, 0.15) is 148 Å². The molecule has 0 saturated carbocycles. The Hall–Kier alpha value is -5.50. The topological polar surface area (TPSA) is 142 Å². The zero-order chi connectivity index (χ0) is 51.1. The summed E-state index contributed by atoms with van der Waals surface area (Å²) in [6.07, 6.45) is 2.73. The first kappa shape index (κ1) is 53.3. The Labute approximate surface area is 416 Å². The fourth-order valence-corrected chi connectivity index (χ4v) is 10.8. The second-order valence-corrected chi connectivity index (χ2v) is 18.6. The van der Waals surface area contributed by atoms with Gasteiger partial charge in [-0.2, -0.15) is 10.2 Å². The molecular formula is C51H74F4N12O4. The minimum absolute atomic E-state index is 0.0366. The number of nitrogens with one attached hydrogen (secondary N) is 1. The van der Waals surface area contributed by atoms with E-state index >= 15 is 0 Å². The second-order valence-electron chi connectivity index (χ2n) is 18.6. The van der Waals surface area contributed by atoms with Crippen LogP contribution in [0.25, 0.3) is 0 Å². The number of fused-ring (bicyclic) bond motifs is 4. The number of rotatable bonds is 6. The van der Waals surface area contributed by atoms with E-state index < -0.39 is 12.9 Å². The lowest BCUT2D eigenvalue weighted by Gasteiger charge is -2.32. The molecule has 2 saturated heterocycles. The number of carbonyl (C=O) groups excluding carboxylic acids is 2. The number of pyridine rings is 2. The molecule has 6 aliphatic rings. The van der Waals surface area contributed by atoms with Crippen molar-refractivity contribution in [1.29, 1.82) is 0 Å². The van der Waals surface area contributed by atoms with Gasteiger partial charge in [0.15, 0.2) is 11.6 Å². The standard InChI is InChI=1S/C24H32F2N6O2.C23H30F2N6O2.2C2H6/c1-15-17(22(25)26)13-21-19(27-15)5-4-9-31(21)23-18-14-30(24(33)34-3)12-8-20(18)32(28-23)16-6-10-29(2)11-7-16;1-14-16(21(24)25)12-20-18(27-14)4-3-10-30(20)22-17-13-29(23(32)33-2)11-7-19(17)31(28-22)15-5-8-26-9-6-15;2*1-2/h13,16,22H,4-12,14H2,1-3H3;12,15,21,26H,3-11,13H2,1-2H3;2*1-2H3. The normalized spacial score (nSPS) is 18.2. The van der Waals surface area contributed by atoms with Crippen molar-refractivity contribution in [1.82, 2.24) is 49.5 Å². The average Bonchev–Trinajstić information content (AvgIpc) is 3.97. The molecule has 10 heterocycles. The van der Waals surface area contributed by atoms with Crippen LogP contribution in [0, 0.1) is 13.8 Å². The molecule has 0 bridgehead atoms. The van der Waals surface area contributed by atoms with Crippen LogP contribution in [0.3, 0.4) is 0 Å². The smallest absolute Gasteiger partial charge is 0.409 e. The third-order valence-corrected chi connectivity index (χ3v) is 14.5. The molecule has 0 spiro atoms. The summed E-state index contributed by atoms with van der Waals surface area (Å²) in [5.41, 5.74) is 8.01. The van der Waals surface area contributed by atoms with Crippen LogP contribution in [0.15, 0.2) is 12.1 Å². The number of piperidine rings is 2. The number of likely N-dealkylation sites (tertiary alicyclic amines) is 1. The number of methoxy groups -OCH3 is 2. The molecular weight excluding hydrogens is 921 g/mol. The van der Waals surface area contributed by atoms with Gasteiger partial charge < -0.3 is 39.3 Å². The molecule has 2 fully saturated rings. The zero-order valence-electron chi connectivity index (χ0n) is 43.2. The summed E-state index contributed by atoms with van der Waals surface area (Å²) in [5, 5.41) is 13.6. The predicted octanol–water partition coefficient (Wildman–Crippen LogP) is 9.71. The fourth-order valence-electron chi connectivity index (χ4n) is 10.8. The van der Waals surface area contributed by atoms with Gasteiger partial charge in [-0.25, -0.2) is 27.2 Å². The molecule has 0 atom stereocenters. The lowest BCUT2D eigenvalue weighted by Crippen LogP contribution is -2.37. The minimum Gasteiger partial charge on any atom is -0.453 e. The van der Waals surface area contributed by atoms with Crippen LogP contribution in [0.4, 0.5) is 50.2 Å². The highest BCUT2D eigenvalue weighted by molar-refractivity contribution is 5.73. The number of anilines is 4. The average molecular weight is 995 g/mol. The molecule has 1 N–H and O–H groups in total. The molecule has 0 aliphatic carbocycles. The maximum Gasteiger partial charge on any atom is 0.409 e. The van der Waals surface area contributed by atoms with Crippen LogP contribution < -0.4 is 15.1 Å². The first-order valence-corrected chi connectivity index (χ1v) is 25.7. The van der Waals surface area contributed by atoms with Gasteiger partial charge in [0.25, 0.3) is 12.9 Å². The predicted molar refractivity (Wildman–Crippen MR) is 266 cm³/mol. The Balaban J connectivity index is 0.000000195. The highest BCUT2D eigenvalue weighted by Gasteiger charge is 2.37. The lowest BCUT2D eigenvalue weighted by molar-refractivity contribution is 0.117. The van der Waals surface area contributed by atoms with E-state index in [2.05, 4.69) is 36.6 Å². The number of carbonyl (C=O) groups is 2. The molecule has 6 aliphatic heterocycles. The molecule has 4 aromatic rings. The molecule has 71 heavy (non-hydrogen) atoms. The molecule has 20 heteroatoms. The van der Waals surface area contributed by atoms with Crippen LogP contribution in [-0.2, 0) is 48.2 Å². The van der Waals surface area contributed by atoms with Gasteiger partial charge in [0.2, 0.25) is 0 Å². The van der Waals surface area contributed by atoms with Gasteiger partial charge in [0.1, 0.15) is 0 Å². The van der Waals surface area contributed by atoms with E-state index in [1.165, 1.54) is 14.2 Å². The SMILES string of the molecule is CC.CC.COC(=O)N1CCc2c(c(N3CCCc4nc(C)c(C(F)F)cc43)nn2C2CCN(C)CC2)C1.COC(=O)N1CCc2c(c(N3CCCc4nc(C)c(C(F)F)cc43)nn2C2CCNCC2)C1. The van der Waals surface area contributed by atoms with E-state index in [0.29, 0.717) is 80.9 Å². The summed E-state index contributed by atoms with van der Waals surface area (Å²) in [7, 11) is 4.91. The van der Waals surface area contributed by atoms with Crippen molar-refractivity contribution in [2.45, 2.75) is 144 Å². The number of halogens is 4. The number of alkyl halides is 4. The van der Waals surface area contributed by atoms with Crippen LogP contribution in [0.2, 0.25) is 0 Å². The van der Waals surface area contributed by atoms with Crippen molar-refractivity contribution >= 4 is 35.2 Å². The molecule has 0 unspecified atom stereocenters. The summed E-state index contributed by atoms with van der Waals surface area (Å²) >= 11 is 0. The third-order valence-electron chi connectivity index (χ3n) is 14.5. The first-order chi connectivity index (χ1) is 34.3. The van der Waals surface area contributed by atoms with Crippen molar-refractivity contribution < 1.29 is 36.6 Å². The van der Waals surface area contributed by atoms with Gasteiger partial charge in [-0.3, -0.25) is 19.3 Å². The summed E-state index contributed by atoms with van der Waals surface area (Å²) in [5.74, 6) is 1.51.